The Bertz CT molecular complexity index is 1380. The molecule has 10 heteroatoms. The number of fused-ring (bicyclic) bond motifs is 1. The first-order valence-electron chi connectivity index (χ1n) is 12.5. The summed E-state index contributed by atoms with van der Waals surface area (Å²) in [5.41, 5.74) is -1.15. The molecule has 2 heterocycles. The van der Waals surface area contributed by atoms with E-state index in [1.807, 2.05) is 0 Å². The Morgan fingerprint density at radius 2 is 1.86 bits per heavy atom. The number of alkyl halides is 1. The lowest BCUT2D eigenvalue weighted by Gasteiger charge is -2.36. The molecule has 0 aliphatic heterocycles. The molecule has 0 spiro atoms. The van der Waals surface area contributed by atoms with Gasteiger partial charge in [0, 0.05) is 36.7 Å². The van der Waals surface area contributed by atoms with Gasteiger partial charge in [0.25, 0.3) is 5.56 Å². The molecule has 1 unspecified atom stereocenters. The van der Waals surface area contributed by atoms with Crippen molar-refractivity contribution in [1.29, 1.82) is 0 Å². The number of pyridine rings is 1. The summed E-state index contributed by atoms with van der Waals surface area (Å²) in [7, 11) is 3.41. The number of amides is 1. The quantitative estimate of drug-likeness (QED) is 0.450. The van der Waals surface area contributed by atoms with Crippen molar-refractivity contribution in [2.75, 3.05) is 19.4 Å². The summed E-state index contributed by atoms with van der Waals surface area (Å²) < 4.78 is 28.9. The summed E-state index contributed by atoms with van der Waals surface area (Å²) in [6.07, 6.45) is -0.0140. The first-order valence-corrected chi connectivity index (χ1v) is 12.5. The van der Waals surface area contributed by atoms with Gasteiger partial charge in [0.1, 0.15) is 29.3 Å². The van der Waals surface area contributed by atoms with Crippen LogP contribution in [0.4, 0.5) is 14.6 Å². The molecular weight excluding hydrogens is 480 g/mol. The first kappa shape index (κ1) is 26.7. The van der Waals surface area contributed by atoms with Gasteiger partial charge in [-0.05, 0) is 52.5 Å². The molecule has 3 N–H and O–H groups in total. The molecule has 0 radical (unpaired) electrons. The molecular formula is C27H33F2N5O3. The second kappa shape index (κ2) is 10.2. The van der Waals surface area contributed by atoms with Gasteiger partial charge in [0.2, 0.25) is 5.91 Å². The Balaban J connectivity index is 1.70. The summed E-state index contributed by atoms with van der Waals surface area (Å²) in [4.78, 5) is 38.5. The number of aliphatic hydroxyl groups is 1. The normalized spacial score (nSPS) is 21.5. The Morgan fingerprint density at radius 1 is 1.22 bits per heavy atom. The maximum Gasteiger partial charge on any atom is 0.255 e. The molecule has 1 amide bonds. The number of nitrogens with one attached hydrogen (secondary N) is 2. The lowest BCUT2D eigenvalue weighted by atomic mass is 9.75. The number of carbonyl (C=O) groups excluding carboxylic acids is 1. The number of hydrogen-bond donors (Lipinski definition) is 3. The highest BCUT2D eigenvalue weighted by Crippen LogP contribution is 2.40. The van der Waals surface area contributed by atoms with Crippen LogP contribution >= 0.6 is 0 Å². The zero-order valence-electron chi connectivity index (χ0n) is 21.7. The summed E-state index contributed by atoms with van der Waals surface area (Å²) in [6.45, 7) is 4.69. The maximum atomic E-state index is 15.0. The van der Waals surface area contributed by atoms with E-state index in [-0.39, 0.29) is 47.0 Å². The van der Waals surface area contributed by atoms with Crippen molar-refractivity contribution >= 4 is 22.8 Å². The summed E-state index contributed by atoms with van der Waals surface area (Å²) >= 11 is 0. The number of H-pyrrole nitrogens is 1. The predicted molar refractivity (Wildman–Crippen MR) is 137 cm³/mol. The fourth-order valence-corrected chi connectivity index (χ4v) is 5.12. The second-order valence-corrected chi connectivity index (χ2v) is 10.2. The molecule has 1 saturated carbocycles. The third-order valence-corrected chi connectivity index (χ3v) is 7.23. The molecule has 3 aromatic rings. The zero-order chi connectivity index (χ0) is 27.1. The van der Waals surface area contributed by atoms with E-state index in [2.05, 4.69) is 20.3 Å². The maximum absolute atomic E-state index is 15.0. The van der Waals surface area contributed by atoms with Gasteiger partial charge in [-0.1, -0.05) is 18.2 Å². The minimum absolute atomic E-state index is 0.0114. The lowest BCUT2D eigenvalue weighted by Crippen LogP contribution is -2.40. The highest BCUT2D eigenvalue weighted by atomic mass is 19.1. The van der Waals surface area contributed by atoms with Crippen molar-refractivity contribution in [3.8, 4) is 0 Å². The van der Waals surface area contributed by atoms with Crippen molar-refractivity contribution in [2.24, 2.45) is 5.92 Å². The second-order valence-electron chi connectivity index (χ2n) is 10.2. The van der Waals surface area contributed by atoms with E-state index in [1.54, 1.807) is 51.0 Å². The fourth-order valence-electron chi connectivity index (χ4n) is 5.12. The highest BCUT2D eigenvalue weighted by molar-refractivity contribution is 5.87. The van der Waals surface area contributed by atoms with Gasteiger partial charge in [-0.3, -0.25) is 9.59 Å². The van der Waals surface area contributed by atoms with Crippen molar-refractivity contribution < 1.29 is 18.7 Å². The van der Waals surface area contributed by atoms with Crippen LogP contribution in [0.3, 0.4) is 0 Å². The highest BCUT2D eigenvalue weighted by Gasteiger charge is 2.39. The van der Waals surface area contributed by atoms with Crippen molar-refractivity contribution in [1.82, 2.24) is 19.9 Å². The van der Waals surface area contributed by atoms with Gasteiger partial charge in [-0.15, -0.1) is 0 Å². The number of nitrogens with zero attached hydrogens (tertiary/aromatic N) is 3. The van der Waals surface area contributed by atoms with Crippen LogP contribution in [-0.2, 0) is 10.4 Å². The number of carbonyl (C=O) groups is 1. The van der Waals surface area contributed by atoms with Crippen LogP contribution in [0.5, 0.6) is 0 Å². The average molecular weight is 514 g/mol. The third-order valence-electron chi connectivity index (χ3n) is 7.23. The number of aryl methyl sites for hydroxylation is 1. The van der Waals surface area contributed by atoms with Gasteiger partial charge in [0.05, 0.1) is 17.0 Å². The van der Waals surface area contributed by atoms with E-state index in [9.17, 15) is 23.5 Å². The molecule has 1 fully saturated rings. The number of hydrogen-bond acceptors (Lipinski definition) is 6. The van der Waals surface area contributed by atoms with E-state index in [1.165, 1.54) is 13.0 Å². The van der Waals surface area contributed by atoms with Gasteiger partial charge < -0.3 is 20.3 Å². The van der Waals surface area contributed by atoms with E-state index in [4.69, 9.17) is 0 Å². The first-order chi connectivity index (χ1) is 17.4. The number of aromatic nitrogens is 3. The Morgan fingerprint density at radius 3 is 2.49 bits per heavy atom. The zero-order valence-corrected chi connectivity index (χ0v) is 21.7. The standard InChI is InChI=1S/C27H33F2N5O3/c1-14(28)18-7-6-8-19(22(18)29)15(2)30-23-20-13-21(25(35)33-24(20)32-16(3)31-23)27(37)11-9-17(10-12-27)26(36)34(4)5/h6-8,13-15,17,37H,9-12H2,1-5H3,(H2,30,31,32,33,35)/t14?,15-,17-,27-/m1/s1. The van der Waals surface area contributed by atoms with Gasteiger partial charge >= 0.3 is 0 Å². The third kappa shape index (κ3) is 5.20. The van der Waals surface area contributed by atoms with E-state index >= 15 is 0 Å². The number of aromatic amines is 1. The van der Waals surface area contributed by atoms with E-state index in [0.29, 0.717) is 29.9 Å². The molecule has 2 aromatic heterocycles. The van der Waals surface area contributed by atoms with Gasteiger partial charge in [-0.2, -0.15) is 0 Å². The average Bonchev–Trinajstić information content (AvgIpc) is 2.83. The Labute approximate surface area is 214 Å². The molecule has 1 aromatic carbocycles. The summed E-state index contributed by atoms with van der Waals surface area (Å²) in [5.74, 6) is -0.0711. The molecule has 4 rings (SSSR count). The smallest absolute Gasteiger partial charge is 0.255 e. The lowest BCUT2D eigenvalue weighted by molar-refractivity contribution is -0.136. The van der Waals surface area contributed by atoms with Crippen LogP contribution in [0.1, 0.15) is 74.3 Å². The molecule has 1 aliphatic carbocycles. The van der Waals surface area contributed by atoms with Gasteiger partial charge in [0.15, 0.2) is 0 Å². The SMILES string of the molecule is Cc1nc(N[C@H](C)c2cccc(C(C)F)c2F)c2cc([C@]3(O)CC[C@H](C(=O)N(C)C)CC3)c(=O)[nH]c2n1. The van der Waals surface area contributed by atoms with Crippen LogP contribution < -0.4 is 10.9 Å². The largest absolute Gasteiger partial charge is 0.385 e. The molecule has 37 heavy (non-hydrogen) atoms. The van der Waals surface area contributed by atoms with Crippen molar-refractivity contribution in [3.63, 3.8) is 0 Å². The predicted octanol–water partition coefficient (Wildman–Crippen LogP) is 4.44. The minimum Gasteiger partial charge on any atom is -0.385 e. The molecule has 198 valence electrons. The molecule has 0 saturated heterocycles. The molecule has 1 aliphatic rings. The summed E-state index contributed by atoms with van der Waals surface area (Å²) in [6, 6.07) is 5.60. The van der Waals surface area contributed by atoms with Gasteiger partial charge in [-0.25, -0.2) is 18.7 Å². The van der Waals surface area contributed by atoms with Crippen LogP contribution in [0.2, 0.25) is 0 Å². The number of rotatable bonds is 6. The van der Waals surface area contributed by atoms with Crippen molar-refractivity contribution in [2.45, 2.75) is 64.3 Å². The minimum atomic E-state index is -1.45. The Kier molecular flexibility index (Phi) is 7.32. The Hall–Kier alpha value is -3.40. The fraction of sp³-hybridized carbons (Fsp3) is 0.481. The number of halogens is 2. The summed E-state index contributed by atoms with van der Waals surface area (Å²) in [5, 5.41) is 15.1. The number of anilines is 1. The van der Waals surface area contributed by atoms with Crippen LogP contribution in [0.25, 0.3) is 11.0 Å². The topological polar surface area (TPSA) is 111 Å². The van der Waals surface area contributed by atoms with E-state index < -0.39 is 29.2 Å². The van der Waals surface area contributed by atoms with Crippen LogP contribution in [0, 0.1) is 18.7 Å². The van der Waals surface area contributed by atoms with Crippen LogP contribution in [0.15, 0.2) is 29.1 Å². The van der Waals surface area contributed by atoms with Crippen LogP contribution in [-0.4, -0.2) is 45.0 Å². The van der Waals surface area contributed by atoms with Crippen molar-refractivity contribution in [3.05, 3.63) is 63.0 Å². The number of benzene rings is 1. The molecule has 2 atom stereocenters. The van der Waals surface area contributed by atoms with E-state index in [0.717, 1.165) is 0 Å². The monoisotopic (exact) mass is 513 g/mol. The molecule has 0 bridgehead atoms. The molecule has 8 nitrogen and oxygen atoms in total.